The van der Waals surface area contributed by atoms with E-state index >= 15 is 0 Å². The molecule has 0 saturated carbocycles. The predicted octanol–water partition coefficient (Wildman–Crippen LogP) is 1.37. The summed E-state index contributed by atoms with van der Waals surface area (Å²) < 4.78 is 5.38. The van der Waals surface area contributed by atoms with Gasteiger partial charge in [-0.25, -0.2) is 0 Å². The van der Waals surface area contributed by atoms with Gasteiger partial charge in [0.25, 0.3) is 0 Å². The number of aryl methyl sites for hydroxylation is 1. The zero-order chi connectivity index (χ0) is 14.6. The quantitative estimate of drug-likeness (QED) is 0.816. The Hall–Kier alpha value is -1.10. The second-order valence-corrected chi connectivity index (χ2v) is 5.21. The molecule has 0 aromatic heterocycles. The molecule has 1 atom stereocenters. The molecule has 1 unspecified atom stereocenters. The number of hydrogen-bond acceptors (Lipinski definition) is 4. The van der Waals surface area contributed by atoms with Gasteiger partial charge >= 0.3 is 0 Å². The number of hydrogen-bond donors (Lipinski definition) is 2. The molecule has 108 valence electrons. The van der Waals surface area contributed by atoms with Gasteiger partial charge in [0.15, 0.2) is 0 Å². The average molecular weight is 266 g/mol. The maximum atomic E-state index is 9.60. The SMILES string of the molecule is COc1cc(C)c(CN(C)CC(O)CN)c(C)c1C. The minimum Gasteiger partial charge on any atom is -0.496 e. The summed E-state index contributed by atoms with van der Waals surface area (Å²) in [6.07, 6.45) is -0.468. The summed E-state index contributed by atoms with van der Waals surface area (Å²) >= 11 is 0. The van der Waals surface area contributed by atoms with Crippen LogP contribution in [0.25, 0.3) is 0 Å². The Balaban J connectivity index is 2.92. The highest BCUT2D eigenvalue weighted by Crippen LogP contribution is 2.28. The number of nitrogens with two attached hydrogens (primary N) is 1. The Labute approximate surface area is 116 Å². The van der Waals surface area contributed by atoms with E-state index in [0.29, 0.717) is 13.1 Å². The molecule has 0 spiro atoms. The third kappa shape index (κ3) is 3.93. The Bertz CT molecular complexity index is 433. The predicted molar refractivity (Wildman–Crippen MR) is 78.6 cm³/mol. The number of rotatable bonds is 6. The standard InChI is InChI=1S/C15H26N2O2/c1-10-6-15(19-5)12(3)11(2)14(10)9-17(4)8-13(18)7-16/h6,13,18H,7-9,16H2,1-5H3. The highest BCUT2D eigenvalue weighted by molar-refractivity contribution is 5.48. The number of likely N-dealkylation sites (N-methyl/N-ethyl adjacent to an activating group) is 1. The average Bonchev–Trinajstić information content (AvgIpc) is 2.38. The van der Waals surface area contributed by atoms with Crippen molar-refractivity contribution in [3.8, 4) is 5.75 Å². The maximum absolute atomic E-state index is 9.60. The molecule has 0 aliphatic rings. The summed E-state index contributed by atoms with van der Waals surface area (Å²) in [5.74, 6) is 0.934. The van der Waals surface area contributed by atoms with E-state index in [-0.39, 0.29) is 0 Å². The number of benzene rings is 1. The lowest BCUT2D eigenvalue weighted by atomic mass is 9.97. The number of aliphatic hydroxyl groups excluding tert-OH is 1. The van der Waals surface area contributed by atoms with Gasteiger partial charge in [-0.2, -0.15) is 0 Å². The highest BCUT2D eigenvalue weighted by atomic mass is 16.5. The Kier molecular flexibility index (Phi) is 5.79. The van der Waals surface area contributed by atoms with Gasteiger partial charge in [-0.1, -0.05) is 0 Å². The Morgan fingerprint density at radius 3 is 2.47 bits per heavy atom. The molecule has 0 bridgehead atoms. The molecule has 0 heterocycles. The molecule has 4 heteroatoms. The lowest BCUT2D eigenvalue weighted by Gasteiger charge is -2.23. The van der Waals surface area contributed by atoms with Gasteiger partial charge < -0.3 is 15.6 Å². The van der Waals surface area contributed by atoms with Crippen LogP contribution in [0, 0.1) is 20.8 Å². The molecule has 4 nitrogen and oxygen atoms in total. The molecule has 3 N–H and O–H groups in total. The molecular weight excluding hydrogens is 240 g/mol. The van der Waals surface area contributed by atoms with Crippen LogP contribution in [0.3, 0.4) is 0 Å². The van der Waals surface area contributed by atoms with Crippen LogP contribution in [0.4, 0.5) is 0 Å². The van der Waals surface area contributed by atoms with Gasteiger partial charge in [0.05, 0.1) is 13.2 Å². The Morgan fingerprint density at radius 1 is 1.32 bits per heavy atom. The second kappa shape index (κ2) is 6.89. The first-order valence-electron chi connectivity index (χ1n) is 6.61. The van der Waals surface area contributed by atoms with Crippen LogP contribution < -0.4 is 10.5 Å². The smallest absolute Gasteiger partial charge is 0.122 e. The molecule has 1 aromatic carbocycles. The first-order valence-corrected chi connectivity index (χ1v) is 6.61. The van der Waals surface area contributed by atoms with Crippen molar-refractivity contribution in [3.05, 3.63) is 28.3 Å². The zero-order valence-corrected chi connectivity index (χ0v) is 12.7. The molecule has 0 aliphatic heterocycles. The maximum Gasteiger partial charge on any atom is 0.122 e. The molecule has 0 fully saturated rings. The van der Waals surface area contributed by atoms with E-state index in [1.165, 1.54) is 22.3 Å². The van der Waals surface area contributed by atoms with E-state index in [9.17, 15) is 5.11 Å². The first kappa shape index (κ1) is 16.0. The minimum atomic E-state index is -0.468. The fourth-order valence-electron chi connectivity index (χ4n) is 2.32. The molecule has 1 rings (SSSR count). The molecule has 0 radical (unpaired) electrons. The number of ether oxygens (including phenoxy) is 1. The van der Waals surface area contributed by atoms with Crippen LogP contribution in [0.15, 0.2) is 6.07 Å². The molecule has 19 heavy (non-hydrogen) atoms. The van der Waals surface area contributed by atoms with Gasteiger partial charge in [-0.3, -0.25) is 4.90 Å². The number of methoxy groups -OCH3 is 1. The van der Waals surface area contributed by atoms with Crippen LogP contribution in [-0.4, -0.2) is 43.4 Å². The monoisotopic (exact) mass is 266 g/mol. The van der Waals surface area contributed by atoms with Crippen molar-refractivity contribution in [2.45, 2.75) is 33.4 Å². The Morgan fingerprint density at radius 2 is 1.95 bits per heavy atom. The normalized spacial score (nSPS) is 12.8. The zero-order valence-electron chi connectivity index (χ0n) is 12.7. The van der Waals surface area contributed by atoms with E-state index in [1.807, 2.05) is 7.05 Å². The van der Waals surface area contributed by atoms with Crippen LogP contribution in [0.5, 0.6) is 5.75 Å². The summed E-state index contributed by atoms with van der Waals surface area (Å²) in [7, 11) is 3.70. The van der Waals surface area contributed by atoms with Crippen molar-refractivity contribution in [2.24, 2.45) is 5.73 Å². The van der Waals surface area contributed by atoms with Gasteiger partial charge in [-0.05, 0) is 56.1 Å². The fourth-order valence-corrected chi connectivity index (χ4v) is 2.32. The third-order valence-electron chi connectivity index (χ3n) is 3.65. The first-order chi connectivity index (χ1) is 8.90. The topological polar surface area (TPSA) is 58.7 Å². The molecule has 0 aliphatic carbocycles. The van der Waals surface area contributed by atoms with Crippen LogP contribution in [-0.2, 0) is 6.54 Å². The van der Waals surface area contributed by atoms with Crippen molar-refractivity contribution in [1.82, 2.24) is 4.90 Å². The molecular formula is C15H26N2O2. The van der Waals surface area contributed by atoms with Crippen LogP contribution in [0.2, 0.25) is 0 Å². The van der Waals surface area contributed by atoms with E-state index in [1.54, 1.807) is 7.11 Å². The fraction of sp³-hybridized carbons (Fsp3) is 0.600. The lowest BCUT2D eigenvalue weighted by Crippen LogP contribution is -2.34. The van der Waals surface area contributed by atoms with Gasteiger partial charge in [0, 0.05) is 19.6 Å². The van der Waals surface area contributed by atoms with Crippen LogP contribution in [0.1, 0.15) is 22.3 Å². The van der Waals surface area contributed by atoms with Gasteiger partial charge in [0.2, 0.25) is 0 Å². The summed E-state index contributed by atoms with van der Waals surface area (Å²) in [5, 5.41) is 9.60. The van der Waals surface area contributed by atoms with E-state index < -0.39 is 6.10 Å². The molecule has 1 aromatic rings. The van der Waals surface area contributed by atoms with E-state index in [2.05, 4.69) is 31.7 Å². The van der Waals surface area contributed by atoms with Crippen LogP contribution >= 0.6 is 0 Å². The summed E-state index contributed by atoms with van der Waals surface area (Å²) in [6, 6.07) is 2.07. The second-order valence-electron chi connectivity index (χ2n) is 5.21. The van der Waals surface area contributed by atoms with Crippen molar-refractivity contribution in [3.63, 3.8) is 0 Å². The molecule has 0 amide bonds. The third-order valence-corrected chi connectivity index (χ3v) is 3.65. The minimum absolute atomic E-state index is 0.296. The summed E-state index contributed by atoms with van der Waals surface area (Å²) in [4.78, 5) is 2.10. The highest BCUT2D eigenvalue weighted by Gasteiger charge is 2.13. The van der Waals surface area contributed by atoms with E-state index in [0.717, 1.165) is 12.3 Å². The molecule has 0 saturated heterocycles. The van der Waals surface area contributed by atoms with Crippen molar-refractivity contribution in [1.29, 1.82) is 0 Å². The summed E-state index contributed by atoms with van der Waals surface area (Å²) in [6.45, 7) is 7.97. The summed E-state index contributed by atoms with van der Waals surface area (Å²) in [5.41, 5.74) is 10.4. The van der Waals surface area contributed by atoms with Crippen molar-refractivity contribution >= 4 is 0 Å². The van der Waals surface area contributed by atoms with Gasteiger partial charge in [-0.15, -0.1) is 0 Å². The van der Waals surface area contributed by atoms with Crippen molar-refractivity contribution in [2.75, 3.05) is 27.2 Å². The van der Waals surface area contributed by atoms with E-state index in [4.69, 9.17) is 10.5 Å². The lowest BCUT2D eigenvalue weighted by molar-refractivity contribution is 0.129. The largest absolute Gasteiger partial charge is 0.496 e. The number of nitrogens with zero attached hydrogens (tertiary/aromatic N) is 1. The van der Waals surface area contributed by atoms with Crippen molar-refractivity contribution < 1.29 is 9.84 Å². The number of aliphatic hydroxyl groups is 1. The van der Waals surface area contributed by atoms with Gasteiger partial charge in [0.1, 0.15) is 5.75 Å².